The van der Waals surface area contributed by atoms with Crippen LogP contribution >= 0.6 is 0 Å². The van der Waals surface area contributed by atoms with Crippen LogP contribution in [0, 0.1) is 0 Å². The summed E-state index contributed by atoms with van der Waals surface area (Å²) in [5, 5.41) is 3.91. The zero-order valence-corrected chi connectivity index (χ0v) is 14.9. The van der Waals surface area contributed by atoms with Gasteiger partial charge in [0.25, 0.3) is 5.91 Å². The number of hydrogen-bond donors (Lipinski definition) is 2. The Hall–Kier alpha value is -4.07. The zero-order valence-electron chi connectivity index (χ0n) is 14.9. The number of amides is 1. The fourth-order valence-electron chi connectivity index (χ4n) is 2.32. The molecule has 0 aliphatic rings. The number of esters is 1. The summed E-state index contributed by atoms with van der Waals surface area (Å²) in [5.41, 5.74) is 9.47. The van der Waals surface area contributed by atoms with E-state index in [0.717, 1.165) is 0 Å². The first-order valence-corrected chi connectivity index (χ1v) is 8.20. The van der Waals surface area contributed by atoms with Gasteiger partial charge in [-0.1, -0.05) is 12.1 Å². The first-order valence-electron chi connectivity index (χ1n) is 8.20. The summed E-state index contributed by atoms with van der Waals surface area (Å²) in [7, 11) is 1.44. The second kappa shape index (κ2) is 8.54. The molecule has 0 spiro atoms. The third-order valence-electron chi connectivity index (χ3n) is 3.70. The van der Waals surface area contributed by atoms with E-state index in [4.69, 9.17) is 19.6 Å². The molecule has 0 unspecified atom stereocenters. The third-order valence-corrected chi connectivity index (χ3v) is 3.70. The van der Waals surface area contributed by atoms with E-state index in [0.29, 0.717) is 22.6 Å². The Balaban J connectivity index is 1.68. The second-order valence-corrected chi connectivity index (χ2v) is 5.56. The highest BCUT2D eigenvalue weighted by Gasteiger charge is 2.15. The van der Waals surface area contributed by atoms with E-state index >= 15 is 0 Å². The molecule has 3 rings (SSSR count). The fourth-order valence-corrected chi connectivity index (χ4v) is 2.32. The number of anilines is 1. The minimum Gasteiger partial charge on any atom is -0.493 e. The molecule has 142 valence electrons. The lowest BCUT2D eigenvalue weighted by molar-refractivity contribution is 0.0696. The van der Waals surface area contributed by atoms with Gasteiger partial charge in [0.15, 0.2) is 11.5 Å². The van der Waals surface area contributed by atoms with Crippen molar-refractivity contribution in [3.8, 4) is 11.5 Å². The largest absolute Gasteiger partial charge is 0.493 e. The molecule has 3 N–H and O–H groups in total. The molecule has 1 aromatic heterocycles. The predicted octanol–water partition coefficient (Wildman–Crippen LogP) is 2.85. The second-order valence-electron chi connectivity index (χ2n) is 5.56. The van der Waals surface area contributed by atoms with Gasteiger partial charge in [-0.25, -0.2) is 10.2 Å². The number of nitrogens with two attached hydrogens (primary N) is 1. The highest BCUT2D eigenvalue weighted by Crippen LogP contribution is 2.28. The van der Waals surface area contributed by atoms with E-state index in [1.54, 1.807) is 48.5 Å². The standard InChI is InChI=1S/C20H17N3O5/c1-26-18-11-13(8-9-16(18)28-20(25)17-7-4-10-27-17)12-22-23-19(24)14-5-2-3-6-15(14)21/h2-12H,21H2,1H3,(H,23,24)/b22-12+. The molecule has 0 bridgehead atoms. The number of hydrogen-bond acceptors (Lipinski definition) is 7. The Morgan fingerprint density at radius 1 is 1.11 bits per heavy atom. The van der Waals surface area contributed by atoms with Crippen LogP contribution in [0.2, 0.25) is 0 Å². The maximum absolute atomic E-state index is 12.1. The number of methoxy groups -OCH3 is 1. The normalized spacial score (nSPS) is 10.6. The van der Waals surface area contributed by atoms with Crippen LogP contribution in [-0.4, -0.2) is 25.2 Å². The van der Waals surface area contributed by atoms with Crippen LogP contribution in [-0.2, 0) is 0 Å². The summed E-state index contributed by atoms with van der Waals surface area (Å²) < 4.78 is 15.5. The molecule has 2 aromatic carbocycles. The first kappa shape index (κ1) is 18.7. The number of nitrogen functional groups attached to an aromatic ring is 1. The lowest BCUT2D eigenvalue weighted by Crippen LogP contribution is -2.19. The molecular weight excluding hydrogens is 362 g/mol. The van der Waals surface area contributed by atoms with Gasteiger partial charge in [0.2, 0.25) is 5.76 Å². The fraction of sp³-hybridized carbons (Fsp3) is 0.0500. The molecule has 0 radical (unpaired) electrons. The molecule has 0 fully saturated rings. The average molecular weight is 379 g/mol. The smallest absolute Gasteiger partial charge is 0.379 e. The van der Waals surface area contributed by atoms with Crippen molar-refractivity contribution < 1.29 is 23.5 Å². The number of nitrogens with one attached hydrogen (secondary N) is 1. The van der Waals surface area contributed by atoms with Gasteiger partial charge in [-0.15, -0.1) is 0 Å². The quantitative estimate of drug-likeness (QED) is 0.224. The topological polar surface area (TPSA) is 116 Å². The molecule has 3 aromatic rings. The van der Waals surface area contributed by atoms with Crippen molar-refractivity contribution in [3.05, 3.63) is 77.7 Å². The molecule has 8 nitrogen and oxygen atoms in total. The van der Waals surface area contributed by atoms with Crippen LogP contribution < -0.4 is 20.6 Å². The highest BCUT2D eigenvalue weighted by atomic mass is 16.6. The van der Waals surface area contributed by atoms with Crippen molar-refractivity contribution in [2.24, 2.45) is 5.10 Å². The number of benzene rings is 2. The Morgan fingerprint density at radius 2 is 1.93 bits per heavy atom. The van der Waals surface area contributed by atoms with E-state index < -0.39 is 11.9 Å². The van der Waals surface area contributed by atoms with Crippen molar-refractivity contribution >= 4 is 23.8 Å². The molecule has 1 heterocycles. The molecule has 28 heavy (non-hydrogen) atoms. The third kappa shape index (κ3) is 4.36. The van der Waals surface area contributed by atoms with E-state index in [1.807, 2.05) is 0 Å². The summed E-state index contributed by atoms with van der Waals surface area (Å²) in [5.74, 6) is -0.442. The Bertz CT molecular complexity index is 1010. The average Bonchev–Trinajstić information content (AvgIpc) is 3.24. The first-order chi connectivity index (χ1) is 13.6. The predicted molar refractivity (Wildman–Crippen MR) is 103 cm³/mol. The van der Waals surface area contributed by atoms with E-state index in [2.05, 4.69) is 10.5 Å². The number of rotatable bonds is 6. The van der Waals surface area contributed by atoms with Gasteiger partial charge in [-0.05, 0) is 48.0 Å². The van der Waals surface area contributed by atoms with E-state index in [1.165, 1.54) is 25.7 Å². The molecule has 0 aliphatic heterocycles. The summed E-state index contributed by atoms with van der Waals surface area (Å²) in [6.07, 6.45) is 2.81. The van der Waals surface area contributed by atoms with Crippen LogP contribution in [0.15, 0.2) is 70.4 Å². The van der Waals surface area contributed by atoms with Crippen molar-refractivity contribution in [1.29, 1.82) is 0 Å². The molecule has 0 aliphatic carbocycles. The Morgan fingerprint density at radius 3 is 2.64 bits per heavy atom. The van der Waals surface area contributed by atoms with Gasteiger partial charge in [-0.3, -0.25) is 4.79 Å². The highest BCUT2D eigenvalue weighted by molar-refractivity contribution is 5.99. The minimum absolute atomic E-state index is 0.0792. The van der Waals surface area contributed by atoms with Gasteiger partial charge in [0.1, 0.15) is 0 Å². The van der Waals surface area contributed by atoms with Gasteiger partial charge in [-0.2, -0.15) is 5.10 Å². The van der Waals surface area contributed by atoms with Crippen molar-refractivity contribution in [3.63, 3.8) is 0 Å². The van der Waals surface area contributed by atoms with Crippen molar-refractivity contribution in [1.82, 2.24) is 5.43 Å². The number of ether oxygens (including phenoxy) is 2. The number of para-hydroxylation sites is 1. The van der Waals surface area contributed by atoms with Gasteiger partial charge >= 0.3 is 5.97 Å². The number of nitrogens with zero attached hydrogens (tertiary/aromatic N) is 1. The molecule has 0 saturated carbocycles. The molecule has 0 atom stereocenters. The van der Waals surface area contributed by atoms with Crippen LogP contribution in [0.1, 0.15) is 26.5 Å². The van der Waals surface area contributed by atoms with E-state index in [9.17, 15) is 9.59 Å². The number of hydrazone groups is 1. The lowest BCUT2D eigenvalue weighted by atomic mass is 10.2. The molecule has 0 saturated heterocycles. The Labute approximate surface area is 160 Å². The summed E-state index contributed by atoms with van der Waals surface area (Å²) in [6.45, 7) is 0. The maximum atomic E-state index is 12.1. The van der Waals surface area contributed by atoms with Gasteiger partial charge in [0, 0.05) is 5.69 Å². The van der Waals surface area contributed by atoms with E-state index in [-0.39, 0.29) is 11.5 Å². The number of furan rings is 1. The lowest BCUT2D eigenvalue weighted by Gasteiger charge is -2.09. The van der Waals surface area contributed by atoms with Crippen LogP contribution in [0.25, 0.3) is 0 Å². The molecule has 1 amide bonds. The van der Waals surface area contributed by atoms with Gasteiger partial charge < -0.3 is 19.6 Å². The zero-order chi connectivity index (χ0) is 19.9. The van der Waals surface area contributed by atoms with Gasteiger partial charge in [0.05, 0.1) is 25.2 Å². The monoisotopic (exact) mass is 379 g/mol. The van der Waals surface area contributed by atoms with Crippen molar-refractivity contribution in [2.45, 2.75) is 0 Å². The maximum Gasteiger partial charge on any atom is 0.379 e. The number of carbonyl (C=O) groups is 2. The minimum atomic E-state index is -0.641. The van der Waals surface area contributed by atoms with Crippen molar-refractivity contribution in [2.75, 3.05) is 12.8 Å². The Kier molecular flexibility index (Phi) is 5.71. The summed E-state index contributed by atoms with van der Waals surface area (Å²) >= 11 is 0. The SMILES string of the molecule is COc1cc(/C=N/NC(=O)c2ccccc2N)ccc1OC(=O)c1ccco1. The van der Waals surface area contributed by atoms with Crippen LogP contribution in [0.3, 0.4) is 0 Å². The summed E-state index contributed by atoms with van der Waals surface area (Å²) in [6, 6.07) is 14.6. The number of carbonyl (C=O) groups excluding carboxylic acids is 2. The van der Waals surface area contributed by atoms with Crippen LogP contribution in [0.5, 0.6) is 11.5 Å². The molecular formula is C20H17N3O5. The van der Waals surface area contributed by atoms with Crippen LogP contribution in [0.4, 0.5) is 5.69 Å². The summed E-state index contributed by atoms with van der Waals surface area (Å²) in [4.78, 5) is 24.1. The molecule has 8 heteroatoms.